The Labute approximate surface area is 164 Å². The lowest BCUT2D eigenvalue weighted by atomic mass is 9.97. The van der Waals surface area contributed by atoms with Crippen molar-refractivity contribution >= 4 is 16.0 Å². The Morgan fingerprint density at radius 1 is 1.22 bits per heavy atom. The molecule has 0 aromatic heterocycles. The summed E-state index contributed by atoms with van der Waals surface area (Å²) in [5.74, 6) is 0.300. The molecule has 0 aliphatic rings. The molecular formula is C20H33NO5S. The Balaban J connectivity index is 2.94. The van der Waals surface area contributed by atoms with Gasteiger partial charge in [-0.05, 0) is 37.5 Å². The van der Waals surface area contributed by atoms with Crippen LogP contribution in [-0.4, -0.2) is 45.2 Å². The predicted molar refractivity (Wildman–Crippen MR) is 107 cm³/mol. The number of amides is 1. The zero-order valence-corrected chi connectivity index (χ0v) is 17.8. The molecule has 1 aromatic carbocycles. The van der Waals surface area contributed by atoms with Gasteiger partial charge in [0.2, 0.25) is 5.91 Å². The number of carbonyl (C=O) groups is 1. The Morgan fingerprint density at radius 3 is 2.56 bits per heavy atom. The van der Waals surface area contributed by atoms with Crippen molar-refractivity contribution in [2.24, 2.45) is 5.92 Å². The number of benzene rings is 1. The molecule has 0 N–H and O–H groups in total. The van der Waals surface area contributed by atoms with Gasteiger partial charge in [-0.3, -0.25) is 4.79 Å². The van der Waals surface area contributed by atoms with Crippen molar-refractivity contribution < 1.29 is 22.1 Å². The summed E-state index contributed by atoms with van der Waals surface area (Å²) in [7, 11) is -1.96. The fraction of sp³-hybridized carbons (Fsp3) is 0.650. The van der Waals surface area contributed by atoms with Crippen molar-refractivity contribution in [1.82, 2.24) is 4.90 Å². The molecular weight excluding hydrogens is 366 g/mol. The minimum absolute atomic E-state index is 0.00158. The van der Waals surface area contributed by atoms with Crippen LogP contribution in [0.15, 0.2) is 24.3 Å². The molecule has 0 fully saturated rings. The van der Waals surface area contributed by atoms with E-state index < -0.39 is 10.1 Å². The molecule has 0 heterocycles. The van der Waals surface area contributed by atoms with Gasteiger partial charge in [0.25, 0.3) is 0 Å². The summed E-state index contributed by atoms with van der Waals surface area (Å²) in [6.07, 6.45) is 3.78. The molecule has 0 unspecified atom stereocenters. The number of hydrogen-bond acceptors (Lipinski definition) is 5. The Hall–Kier alpha value is -1.60. The van der Waals surface area contributed by atoms with Gasteiger partial charge >= 0.3 is 10.1 Å². The number of rotatable bonds is 13. The van der Waals surface area contributed by atoms with Gasteiger partial charge in [0.15, 0.2) is 0 Å². The Bertz CT molecular complexity index is 675. The van der Waals surface area contributed by atoms with Crippen LogP contribution < -0.4 is 4.18 Å². The van der Waals surface area contributed by atoms with E-state index in [1.54, 1.807) is 30.2 Å². The standard InChI is InChI=1S/C20H33NO5S/c1-5-8-11-18(6-2)20(22)21(13-14-25-4)16-17-10-9-12-19(15-17)26-27(23,24)7-3/h9-10,12,15,18H,5-8,11,13-14,16H2,1-4H3/t18-/m1/s1. The van der Waals surface area contributed by atoms with Crippen LogP contribution in [0.25, 0.3) is 0 Å². The van der Waals surface area contributed by atoms with Crippen molar-refractivity contribution in [1.29, 1.82) is 0 Å². The summed E-state index contributed by atoms with van der Waals surface area (Å²) in [5, 5.41) is 0. The van der Waals surface area contributed by atoms with E-state index in [4.69, 9.17) is 8.92 Å². The zero-order valence-electron chi connectivity index (χ0n) is 16.9. The number of nitrogens with zero attached hydrogens (tertiary/aromatic N) is 1. The molecule has 7 heteroatoms. The summed E-state index contributed by atoms with van der Waals surface area (Å²) in [6, 6.07) is 6.89. The molecule has 1 rings (SSSR count). The third-order valence-corrected chi connectivity index (χ3v) is 5.63. The lowest BCUT2D eigenvalue weighted by Gasteiger charge is -2.27. The van der Waals surface area contributed by atoms with Crippen LogP contribution in [0.3, 0.4) is 0 Å². The highest BCUT2D eigenvalue weighted by Gasteiger charge is 2.23. The first-order valence-electron chi connectivity index (χ1n) is 9.65. The maximum Gasteiger partial charge on any atom is 0.308 e. The summed E-state index contributed by atoms with van der Waals surface area (Å²) in [4.78, 5) is 14.8. The van der Waals surface area contributed by atoms with Crippen LogP contribution in [0.5, 0.6) is 5.75 Å². The second kappa shape index (κ2) is 12.0. The maximum absolute atomic E-state index is 13.0. The lowest BCUT2D eigenvalue weighted by molar-refractivity contribution is -0.137. The van der Waals surface area contributed by atoms with E-state index in [0.29, 0.717) is 19.7 Å². The first kappa shape index (κ1) is 23.4. The van der Waals surface area contributed by atoms with Crippen molar-refractivity contribution in [3.63, 3.8) is 0 Å². The second-order valence-electron chi connectivity index (χ2n) is 6.58. The molecule has 0 saturated heterocycles. The van der Waals surface area contributed by atoms with E-state index in [2.05, 4.69) is 6.92 Å². The van der Waals surface area contributed by atoms with E-state index in [9.17, 15) is 13.2 Å². The highest BCUT2D eigenvalue weighted by Crippen LogP contribution is 2.20. The summed E-state index contributed by atoms with van der Waals surface area (Å²) < 4.78 is 33.6. The normalized spacial score (nSPS) is 12.6. The van der Waals surface area contributed by atoms with Gasteiger partial charge in [0.05, 0.1) is 12.4 Å². The third-order valence-electron chi connectivity index (χ3n) is 4.47. The summed E-state index contributed by atoms with van der Waals surface area (Å²) in [6.45, 7) is 7.04. The van der Waals surface area contributed by atoms with Crippen LogP contribution >= 0.6 is 0 Å². The smallest absolute Gasteiger partial charge is 0.308 e. The van der Waals surface area contributed by atoms with Gasteiger partial charge in [-0.2, -0.15) is 8.42 Å². The first-order valence-corrected chi connectivity index (χ1v) is 11.2. The fourth-order valence-corrected chi connectivity index (χ4v) is 3.32. The number of ether oxygens (including phenoxy) is 1. The van der Waals surface area contributed by atoms with Crippen LogP contribution in [-0.2, 0) is 26.2 Å². The van der Waals surface area contributed by atoms with Crippen LogP contribution in [0.2, 0.25) is 0 Å². The quantitative estimate of drug-likeness (QED) is 0.474. The monoisotopic (exact) mass is 399 g/mol. The molecule has 0 aliphatic carbocycles. The van der Waals surface area contributed by atoms with Gasteiger partial charge in [0, 0.05) is 26.1 Å². The van der Waals surface area contributed by atoms with Crippen molar-refractivity contribution in [2.75, 3.05) is 26.0 Å². The van der Waals surface area contributed by atoms with E-state index in [0.717, 1.165) is 31.2 Å². The average Bonchev–Trinajstić information content (AvgIpc) is 2.65. The Morgan fingerprint density at radius 2 is 1.96 bits per heavy atom. The molecule has 27 heavy (non-hydrogen) atoms. The third kappa shape index (κ3) is 8.30. The number of hydrogen-bond donors (Lipinski definition) is 0. The van der Waals surface area contributed by atoms with Crippen LogP contribution in [0, 0.1) is 5.92 Å². The molecule has 1 amide bonds. The Kier molecular flexibility index (Phi) is 10.4. The van der Waals surface area contributed by atoms with Crippen LogP contribution in [0.4, 0.5) is 0 Å². The molecule has 0 bridgehead atoms. The molecule has 0 spiro atoms. The largest absolute Gasteiger partial charge is 0.383 e. The zero-order chi connectivity index (χ0) is 20.3. The van der Waals surface area contributed by atoms with E-state index in [1.165, 1.54) is 6.92 Å². The lowest BCUT2D eigenvalue weighted by Crippen LogP contribution is -2.37. The molecule has 1 aromatic rings. The minimum Gasteiger partial charge on any atom is -0.383 e. The van der Waals surface area contributed by atoms with Crippen molar-refractivity contribution in [3.8, 4) is 5.75 Å². The second-order valence-corrected chi connectivity index (χ2v) is 8.44. The van der Waals surface area contributed by atoms with Gasteiger partial charge in [0.1, 0.15) is 5.75 Å². The molecule has 1 atom stereocenters. The number of carbonyl (C=O) groups excluding carboxylic acids is 1. The average molecular weight is 400 g/mol. The van der Waals surface area contributed by atoms with Crippen LogP contribution in [0.1, 0.15) is 52.0 Å². The van der Waals surface area contributed by atoms with E-state index in [1.807, 2.05) is 13.0 Å². The molecule has 0 saturated carbocycles. The predicted octanol–water partition coefficient (Wildman–Crippen LogP) is 3.61. The first-order chi connectivity index (χ1) is 12.9. The SMILES string of the molecule is CCCC[C@@H](CC)C(=O)N(CCOC)Cc1cccc(OS(=O)(=O)CC)c1. The number of unbranched alkanes of at least 4 members (excludes halogenated alkanes) is 1. The molecule has 154 valence electrons. The molecule has 0 aliphatic heterocycles. The van der Waals surface area contributed by atoms with Crippen molar-refractivity contribution in [3.05, 3.63) is 29.8 Å². The highest BCUT2D eigenvalue weighted by molar-refractivity contribution is 7.87. The molecule has 6 nitrogen and oxygen atoms in total. The fourth-order valence-electron chi connectivity index (χ4n) is 2.80. The van der Waals surface area contributed by atoms with Gasteiger partial charge < -0.3 is 13.8 Å². The van der Waals surface area contributed by atoms with Gasteiger partial charge in [-0.1, -0.05) is 38.8 Å². The van der Waals surface area contributed by atoms with E-state index >= 15 is 0 Å². The molecule has 0 radical (unpaired) electrons. The van der Waals surface area contributed by atoms with Crippen molar-refractivity contribution in [2.45, 2.75) is 53.0 Å². The minimum atomic E-state index is -3.58. The number of methoxy groups -OCH3 is 1. The van der Waals surface area contributed by atoms with E-state index in [-0.39, 0.29) is 23.3 Å². The van der Waals surface area contributed by atoms with Gasteiger partial charge in [-0.15, -0.1) is 0 Å². The summed E-state index contributed by atoms with van der Waals surface area (Å²) >= 11 is 0. The maximum atomic E-state index is 13.0. The summed E-state index contributed by atoms with van der Waals surface area (Å²) in [5.41, 5.74) is 0.827. The van der Waals surface area contributed by atoms with Gasteiger partial charge in [-0.25, -0.2) is 0 Å². The highest BCUT2D eigenvalue weighted by atomic mass is 32.2. The topological polar surface area (TPSA) is 72.9 Å².